The summed E-state index contributed by atoms with van der Waals surface area (Å²) in [7, 11) is 1.62. The number of hydrogen-bond acceptors (Lipinski definition) is 5. The van der Waals surface area contributed by atoms with Crippen molar-refractivity contribution in [3.8, 4) is 11.5 Å². The third kappa shape index (κ3) is 9.25. The zero-order valence-electron chi connectivity index (χ0n) is 17.9. The number of anilines is 1. The molecule has 0 aliphatic carbocycles. The molecule has 2 aromatic rings. The van der Waals surface area contributed by atoms with Gasteiger partial charge in [0.1, 0.15) is 18.1 Å². The lowest BCUT2D eigenvalue weighted by atomic mass is 10.2. The number of unbranched alkanes of at least 4 members (excludes halogenated alkanes) is 3. The summed E-state index contributed by atoms with van der Waals surface area (Å²) in [5.74, 6) is 1.10. The SMILES string of the molecule is CCCCCCOc1ccc(C(=O)NC(=S)Nc2cccc(OCCOC)c2)cc1Br. The lowest BCUT2D eigenvalue weighted by Gasteiger charge is -2.12. The van der Waals surface area contributed by atoms with Crippen LogP contribution in [0.25, 0.3) is 0 Å². The molecule has 0 aromatic heterocycles. The van der Waals surface area contributed by atoms with Crippen LogP contribution in [-0.2, 0) is 4.74 Å². The molecular weight excluding hydrogens is 480 g/mol. The molecule has 0 aliphatic heterocycles. The van der Waals surface area contributed by atoms with E-state index in [1.807, 2.05) is 18.2 Å². The molecule has 0 saturated heterocycles. The summed E-state index contributed by atoms with van der Waals surface area (Å²) >= 11 is 8.75. The number of carbonyl (C=O) groups is 1. The summed E-state index contributed by atoms with van der Waals surface area (Å²) in [4.78, 5) is 12.5. The molecule has 0 bridgehead atoms. The van der Waals surface area contributed by atoms with E-state index < -0.39 is 0 Å². The van der Waals surface area contributed by atoms with Gasteiger partial charge in [-0.3, -0.25) is 10.1 Å². The maximum atomic E-state index is 12.5. The summed E-state index contributed by atoms with van der Waals surface area (Å²) in [5, 5.41) is 5.88. The fraction of sp³-hybridized carbons (Fsp3) is 0.391. The predicted octanol–water partition coefficient (Wildman–Crippen LogP) is 5.56. The Morgan fingerprint density at radius 2 is 1.87 bits per heavy atom. The molecule has 0 atom stereocenters. The van der Waals surface area contributed by atoms with Gasteiger partial charge in [-0.05, 0) is 64.9 Å². The number of hydrogen-bond donors (Lipinski definition) is 2. The lowest BCUT2D eigenvalue weighted by molar-refractivity contribution is 0.0977. The Hall–Kier alpha value is -2.16. The maximum Gasteiger partial charge on any atom is 0.257 e. The van der Waals surface area contributed by atoms with Crippen LogP contribution in [0.15, 0.2) is 46.9 Å². The molecule has 0 spiro atoms. The predicted molar refractivity (Wildman–Crippen MR) is 131 cm³/mol. The zero-order valence-corrected chi connectivity index (χ0v) is 20.3. The first-order valence-electron chi connectivity index (χ1n) is 10.3. The molecule has 0 fully saturated rings. The summed E-state index contributed by atoms with van der Waals surface area (Å²) in [5.41, 5.74) is 1.19. The number of amides is 1. The highest BCUT2D eigenvalue weighted by Crippen LogP contribution is 2.26. The summed E-state index contributed by atoms with van der Waals surface area (Å²) in [6.45, 7) is 3.80. The Morgan fingerprint density at radius 1 is 1.03 bits per heavy atom. The molecule has 0 aliphatic rings. The van der Waals surface area contributed by atoms with Gasteiger partial charge >= 0.3 is 0 Å². The maximum absolute atomic E-state index is 12.5. The summed E-state index contributed by atoms with van der Waals surface area (Å²) in [6.07, 6.45) is 4.57. The van der Waals surface area contributed by atoms with Gasteiger partial charge in [-0.1, -0.05) is 32.3 Å². The van der Waals surface area contributed by atoms with Gasteiger partial charge in [-0.2, -0.15) is 0 Å². The normalized spacial score (nSPS) is 10.4. The van der Waals surface area contributed by atoms with Crippen molar-refractivity contribution in [3.05, 3.63) is 52.5 Å². The van der Waals surface area contributed by atoms with Crippen molar-refractivity contribution in [1.29, 1.82) is 0 Å². The van der Waals surface area contributed by atoms with Crippen LogP contribution < -0.4 is 20.1 Å². The second-order valence-electron chi connectivity index (χ2n) is 6.83. The van der Waals surface area contributed by atoms with Crippen LogP contribution in [0.5, 0.6) is 11.5 Å². The first-order valence-corrected chi connectivity index (χ1v) is 11.5. The van der Waals surface area contributed by atoms with Gasteiger partial charge in [0.05, 0.1) is 17.7 Å². The average molecular weight is 509 g/mol. The van der Waals surface area contributed by atoms with Crippen LogP contribution in [0.1, 0.15) is 43.0 Å². The molecule has 2 N–H and O–H groups in total. The summed E-state index contributed by atoms with van der Waals surface area (Å²) in [6, 6.07) is 12.6. The third-order valence-electron chi connectivity index (χ3n) is 4.32. The Morgan fingerprint density at radius 3 is 2.61 bits per heavy atom. The number of benzene rings is 2. The lowest BCUT2D eigenvalue weighted by Crippen LogP contribution is -2.34. The number of rotatable bonds is 12. The second kappa shape index (κ2) is 14.0. The van der Waals surface area contributed by atoms with Crippen LogP contribution in [0.2, 0.25) is 0 Å². The Kier molecular flexibility index (Phi) is 11.3. The van der Waals surface area contributed by atoms with Crippen LogP contribution in [0.4, 0.5) is 5.69 Å². The van der Waals surface area contributed by atoms with Crippen molar-refractivity contribution < 1.29 is 19.0 Å². The molecule has 0 saturated carbocycles. The van der Waals surface area contributed by atoms with Crippen molar-refractivity contribution in [2.45, 2.75) is 32.6 Å². The Bertz CT molecular complexity index is 863. The van der Waals surface area contributed by atoms with E-state index in [1.165, 1.54) is 12.8 Å². The molecule has 0 radical (unpaired) electrons. The zero-order chi connectivity index (χ0) is 22.5. The topological polar surface area (TPSA) is 68.8 Å². The number of nitrogens with one attached hydrogen (secondary N) is 2. The second-order valence-corrected chi connectivity index (χ2v) is 8.09. The van der Waals surface area contributed by atoms with E-state index in [0.717, 1.165) is 23.1 Å². The number of carbonyl (C=O) groups excluding carboxylic acids is 1. The van der Waals surface area contributed by atoms with E-state index in [-0.39, 0.29) is 11.0 Å². The van der Waals surface area contributed by atoms with Crippen LogP contribution in [0.3, 0.4) is 0 Å². The van der Waals surface area contributed by atoms with Crippen LogP contribution >= 0.6 is 28.1 Å². The minimum atomic E-state index is -0.305. The standard InChI is InChI=1S/C23H29BrN2O4S/c1-3-4-5-6-12-30-21-11-10-17(15-20(21)24)22(27)26-23(31)25-18-8-7-9-19(16-18)29-14-13-28-2/h7-11,15-16H,3-6,12-14H2,1-2H3,(H2,25,26,27,31). The molecule has 6 nitrogen and oxygen atoms in total. The highest BCUT2D eigenvalue weighted by atomic mass is 79.9. The van der Waals surface area contributed by atoms with Gasteiger partial charge in [0.2, 0.25) is 0 Å². The van der Waals surface area contributed by atoms with E-state index in [4.69, 9.17) is 26.4 Å². The van der Waals surface area contributed by atoms with Crippen molar-refractivity contribution in [2.75, 3.05) is 32.2 Å². The highest BCUT2D eigenvalue weighted by Gasteiger charge is 2.11. The summed E-state index contributed by atoms with van der Waals surface area (Å²) < 4.78 is 17.1. The number of ether oxygens (including phenoxy) is 3. The fourth-order valence-electron chi connectivity index (χ4n) is 2.71. The minimum absolute atomic E-state index is 0.200. The van der Waals surface area contributed by atoms with Gasteiger partial charge in [-0.15, -0.1) is 0 Å². The van der Waals surface area contributed by atoms with Crippen molar-refractivity contribution in [3.63, 3.8) is 0 Å². The monoisotopic (exact) mass is 508 g/mol. The molecule has 168 valence electrons. The first-order chi connectivity index (χ1) is 15.0. The molecule has 2 aromatic carbocycles. The number of halogens is 1. The van der Waals surface area contributed by atoms with Crippen LogP contribution in [-0.4, -0.2) is 38.0 Å². The van der Waals surface area contributed by atoms with Gasteiger partial charge in [0.25, 0.3) is 5.91 Å². The van der Waals surface area contributed by atoms with Gasteiger partial charge in [0.15, 0.2) is 5.11 Å². The molecule has 8 heteroatoms. The Labute approximate surface area is 197 Å². The molecule has 0 heterocycles. The largest absolute Gasteiger partial charge is 0.492 e. The molecule has 1 amide bonds. The van der Waals surface area contributed by atoms with Crippen molar-refractivity contribution in [2.24, 2.45) is 0 Å². The van der Waals surface area contributed by atoms with Crippen LogP contribution in [0, 0.1) is 0 Å². The smallest absolute Gasteiger partial charge is 0.257 e. The number of methoxy groups -OCH3 is 1. The molecule has 2 rings (SSSR count). The first kappa shape index (κ1) is 25.1. The average Bonchev–Trinajstić information content (AvgIpc) is 2.75. The minimum Gasteiger partial charge on any atom is -0.492 e. The highest BCUT2D eigenvalue weighted by molar-refractivity contribution is 9.10. The van der Waals surface area contributed by atoms with E-state index >= 15 is 0 Å². The van der Waals surface area contributed by atoms with Crippen molar-refractivity contribution >= 4 is 44.9 Å². The third-order valence-corrected chi connectivity index (χ3v) is 5.15. The Balaban J connectivity index is 1.86. The van der Waals surface area contributed by atoms with E-state index in [0.29, 0.717) is 36.8 Å². The van der Waals surface area contributed by atoms with Gasteiger partial charge in [-0.25, -0.2) is 0 Å². The van der Waals surface area contributed by atoms with Gasteiger partial charge < -0.3 is 19.5 Å². The number of thiocarbonyl (C=S) groups is 1. The van der Waals surface area contributed by atoms with E-state index in [1.54, 1.807) is 31.4 Å². The molecule has 0 unspecified atom stereocenters. The van der Waals surface area contributed by atoms with E-state index in [9.17, 15) is 4.79 Å². The van der Waals surface area contributed by atoms with Gasteiger partial charge in [0, 0.05) is 24.4 Å². The quantitative estimate of drug-likeness (QED) is 0.289. The van der Waals surface area contributed by atoms with Crippen molar-refractivity contribution in [1.82, 2.24) is 5.32 Å². The molecular formula is C23H29BrN2O4S. The molecule has 31 heavy (non-hydrogen) atoms. The van der Waals surface area contributed by atoms with E-state index in [2.05, 4.69) is 33.5 Å². The fourth-order valence-corrected chi connectivity index (χ4v) is 3.42.